The lowest BCUT2D eigenvalue weighted by Crippen LogP contribution is -2.43. The highest BCUT2D eigenvalue weighted by Gasteiger charge is 2.19. The third kappa shape index (κ3) is 4.04. The SMILES string of the molecule is CCCNS(=O)(=O)N[C@@H]1CCNC1. The minimum absolute atomic E-state index is 0.0503. The van der Waals surface area contributed by atoms with Crippen LogP contribution in [0.4, 0.5) is 0 Å². The van der Waals surface area contributed by atoms with E-state index in [1.165, 1.54) is 0 Å². The monoisotopic (exact) mass is 207 g/mol. The zero-order chi connectivity index (χ0) is 9.73. The molecule has 1 aliphatic rings. The number of rotatable bonds is 5. The molecule has 1 rings (SSSR count). The molecule has 0 saturated carbocycles. The lowest BCUT2D eigenvalue weighted by Gasteiger charge is -2.11. The van der Waals surface area contributed by atoms with Crippen molar-refractivity contribution in [1.29, 1.82) is 0 Å². The van der Waals surface area contributed by atoms with Crippen molar-refractivity contribution in [3.05, 3.63) is 0 Å². The van der Waals surface area contributed by atoms with Gasteiger partial charge in [0, 0.05) is 19.1 Å². The van der Waals surface area contributed by atoms with E-state index in [1.54, 1.807) is 0 Å². The first-order valence-corrected chi connectivity index (χ1v) is 6.10. The molecule has 5 nitrogen and oxygen atoms in total. The first kappa shape index (κ1) is 10.9. The lowest BCUT2D eigenvalue weighted by atomic mass is 10.3. The van der Waals surface area contributed by atoms with Gasteiger partial charge in [-0.15, -0.1) is 0 Å². The van der Waals surface area contributed by atoms with Crippen molar-refractivity contribution in [2.45, 2.75) is 25.8 Å². The minimum Gasteiger partial charge on any atom is -0.315 e. The van der Waals surface area contributed by atoms with E-state index in [0.717, 1.165) is 25.9 Å². The van der Waals surface area contributed by atoms with Gasteiger partial charge in [-0.3, -0.25) is 0 Å². The Labute approximate surface area is 79.5 Å². The zero-order valence-electron chi connectivity index (χ0n) is 7.84. The molecule has 1 heterocycles. The number of nitrogens with one attached hydrogen (secondary N) is 3. The van der Waals surface area contributed by atoms with Crippen LogP contribution in [0, 0.1) is 0 Å². The molecule has 0 radical (unpaired) electrons. The molecule has 0 unspecified atom stereocenters. The van der Waals surface area contributed by atoms with Gasteiger partial charge in [-0.25, -0.2) is 4.72 Å². The van der Waals surface area contributed by atoms with Crippen molar-refractivity contribution in [1.82, 2.24) is 14.8 Å². The highest BCUT2D eigenvalue weighted by Crippen LogP contribution is 1.98. The highest BCUT2D eigenvalue weighted by atomic mass is 32.2. The zero-order valence-corrected chi connectivity index (χ0v) is 8.65. The molecule has 1 saturated heterocycles. The normalized spacial score (nSPS) is 23.6. The molecule has 0 aromatic heterocycles. The molecule has 0 aromatic rings. The number of hydrogen-bond donors (Lipinski definition) is 3. The Balaban J connectivity index is 2.32. The van der Waals surface area contributed by atoms with Gasteiger partial charge in [0.2, 0.25) is 0 Å². The van der Waals surface area contributed by atoms with Crippen molar-refractivity contribution in [3.8, 4) is 0 Å². The Morgan fingerprint density at radius 1 is 1.54 bits per heavy atom. The molecule has 3 N–H and O–H groups in total. The first-order chi connectivity index (χ1) is 6.14. The van der Waals surface area contributed by atoms with E-state index in [2.05, 4.69) is 14.8 Å². The number of hydrogen-bond acceptors (Lipinski definition) is 3. The Morgan fingerprint density at radius 3 is 2.85 bits per heavy atom. The summed E-state index contributed by atoms with van der Waals surface area (Å²) >= 11 is 0. The summed E-state index contributed by atoms with van der Waals surface area (Å²) in [5.74, 6) is 0. The predicted octanol–water partition coefficient (Wildman–Crippen LogP) is -0.818. The van der Waals surface area contributed by atoms with Crippen molar-refractivity contribution < 1.29 is 8.42 Å². The van der Waals surface area contributed by atoms with E-state index in [4.69, 9.17) is 0 Å². The highest BCUT2D eigenvalue weighted by molar-refractivity contribution is 7.87. The van der Waals surface area contributed by atoms with Gasteiger partial charge in [-0.2, -0.15) is 13.1 Å². The fourth-order valence-electron chi connectivity index (χ4n) is 1.25. The molecule has 1 atom stereocenters. The maximum absolute atomic E-state index is 11.3. The Morgan fingerprint density at radius 2 is 2.31 bits per heavy atom. The van der Waals surface area contributed by atoms with Crippen LogP contribution in [0.15, 0.2) is 0 Å². The van der Waals surface area contributed by atoms with Crippen LogP contribution in [0.2, 0.25) is 0 Å². The van der Waals surface area contributed by atoms with E-state index in [1.807, 2.05) is 6.92 Å². The van der Waals surface area contributed by atoms with Gasteiger partial charge < -0.3 is 5.32 Å². The average Bonchev–Trinajstić information content (AvgIpc) is 2.52. The van der Waals surface area contributed by atoms with Gasteiger partial charge >= 0.3 is 0 Å². The molecule has 1 aliphatic heterocycles. The molecule has 0 bridgehead atoms. The second-order valence-electron chi connectivity index (χ2n) is 3.21. The molecule has 0 spiro atoms. The molecule has 78 valence electrons. The third-order valence-corrected chi connectivity index (χ3v) is 3.15. The molecular formula is C7H17N3O2S. The second kappa shape index (κ2) is 4.90. The quantitative estimate of drug-likeness (QED) is 0.552. The Kier molecular flexibility index (Phi) is 4.11. The van der Waals surface area contributed by atoms with E-state index in [-0.39, 0.29) is 6.04 Å². The van der Waals surface area contributed by atoms with Crippen molar-refractivity contribution in [2.24, 2.45) is 0 Å². The summed E-state index contributed by atoms with van der Waals surface area (Å²) in [6, 6.07) is 0.0503. The lowest BCUT2D eigenvalue weighted by molar-refractivity contribution is 0.545. The van der Waals surface area contributed by atoms with Gasteiger partial charge in [-0.05, 0) is 19.4 Å². The summed E-state index contributed by atoms with van der Waals surface area (Å²) in [5, 5.41) is 3.10. The van der Waals surface area contributed by atoms with Crippen molar-refractivity contribution in [2.75, 3.05) is 19.6 Å². The summed E-state index contributed by atoms with van der Waals surface area (Å²) in [5.41, 5.74) is 0. The van der Waals surface area contributed by atoms with Gasteiger partial charge in [0.05, 0.1) is 0 Å². The molecule has 0 amide bonds. The third-order valence-electron chi connectivity index (χ3n) is 1.92. The van der Waals surface area contributed by atoms with Crippen LogP contribution < -0.4 is 14.8 Å². The largest absolute Gasteiger partial charge is 0.315 e. The van der Waals surface area contributed by atoms with E-state index >= 15 is 0 Å². The van der Waals surface area contributed by atoms with Crippen molar-refractivity contribution in [3.63, 3.8) is 0 Å². The predicted molar refractivity (Wildman–Crippen MR) is 51.6 cm³/mol. The molecule has 13 heavy (non-hydrogen) atoms. The Hall–Kier alpha value is -0.170. The fourth-order valence-corrected chi connectivity index (χ4v) is 2.45. The summed E-state index contributed by atoms with van der Waals surface area (Å²) in [6.07, 6.45) is 1.68. The second-order valence-corrected chi connectivity index (χ2v) is 4.74. The fraction of sp³-hybridized carbons (Fsp3) is 1.00. The van der Waals surface area contributed by atoms with Gasteiger partial charge in [0.25, 0.3) is 10.2 Å². The van der Waals surface area contributed by atoms with Crippen LogP contribution in [0.25, 0.3) is 0 Å². The summed E-state index contributed by atoms with van der Waals surface area (Å²) in [4.78, 5) is 0. The van der Waals surface area contributed by atoms with Crippen LogP contribution >= 0.6 is 0 Å². The van der Waals surface area contributed by atoms with Gasteiger partial charge in [-0.1, -0.05) is 6.92 Å². The average molecular weight is 207 g/mol. The van der Waals surface area contributed by atoms with Crippen LogP contribution in [-0.4, -0.2) is 34.1 Å². The standard InChI is InChI=1S/C7H17N3O2S/c1-2-4-9-13(11,12)10-7-3-5-8-6-7/h7-10H,2-6H2,1H3/t7-/m1/s1. The van der Waals surface area contributed by atoms with Crippen molar-refractivity contribution >= 4 is 10.2 Å². The molecular weight excluding hydrogens is 190 g/mol. The minimum atomic E-state index is -3.27. The van der Waals surface area contributed by atoms with Gasteiger partial charge in [0.1, 0.15) is 0 Å². The van der Waals surface area contributed by atoms with E-state index in [0.29, 0.717) is 6.54 Å². The molecule has 1 fully saturated rings. The molecule has 0 aliphatic carbocycles. The Bertz CT molecular complexity index is 234. The smallest absolute Gasteiger partial charge is 0.277 e. The molecule has 6 heteroatoms. The first-order valence-electron chi connectivity index (χ1n) is 4.61. The maximum atomic E-state index is 11.3. The van der Waals surface area contributed by atoms with Crippen LogP contribution in [-0.2, 0) is 10.2 Å². The van der Waals surface area contributed by atoms with Gasteiger partial charge in [0.15, 0.2) is 0 Å². The topological polar surface area (TPSA) is 70.2 Å². The van der Waals surface area contributed by atoms with E-state index < -0.39 is 10.2 Å². The van der Waals surface area contributed by atoms with Crippen LogP contribution in [0.5, 0.6) is 0 Å². The summed E-state index contributed by atoms with van der Waals surface area (Å²) < 4.78 is 27.6. The van der Waals surface area contributed by atoms with E-state index in [9.17, 15) is 8.42 Å². The summed E-state index contributed by atoms with van der Waals surface area (Å²) in [6.45, 7) is 4.04. The maximum Gasteiger partial charge on any atom is 0.277 e. The van der Waals surface area contributed by atoms with Crippen LogP contribution in [0.3, 0.4) is 0 Å². The van der Waals surface area contributed by atoms with Crippen LogP contribution in [0.1, 0.15) is 19.8 Å². The summed E-state index contributed by atoms with van der Waals surface area (Å²) in [7, 11) is -3.27. The molecule has 0 aromatic carbocycles.